The van der Waals surface area contributed by atoms with Gasteiger partial charge in [0.2, 0.25) is 0 Å². The average molecular weight is 486 g/mol. The minimum Gasteiger partial charge on any atom is -0.490 e. The van der Waals surface area contributed by atoms with Crippen molar-refractivity contribution >= 4 is 27.4 Å². The molecule has 0 saturated carbocycles. The first-order valence-electron chi connectivity index (χ1n) is 10.6. The number of hydrogen-bond acceptors (Lipinski definition) is 5. The predicted octanol–water partition coefficient (Wildman–Crippen LogP) is 6.46. The van der Waals surface area contributed by atoms with E-state index in [9.17, 15) is 8.42 Å². The summed E-state index contributed by atoms with van der Waals surface area (Å²) in [5.41, 5.74) is 5.05. The van der Waals surface area contributed by atoms with Gasteiger partial charge in [-0.25, -0.2) is 0 Å². The average Bonchev–Trinajstić information content (AvgIpc) is 2.77. The van der Waals surface area contributed by atoms with Crippen molar-refractivity contribution < 1.29 is 17.3 Å². The molecule has 1 N–H and O–H groups in total. The second kappa shape index (κ2) is 10.8. The number of rotatable bonds is 10. The molecule has 0 radical (unpaired) electrons. The second-order valence-electron chi connectivity index (χ2n) is 7.60. The van der Waals surface area contributed by atoms with Gasteiger partial charge in [0, 0.05) is 22.8 Å². The third-order valence-corrected chi connectivity index (χ3v) is 6.73. The summed E-state index contributed by atoms with van der Waals surface area (Å²) in [6.07, 6.45) is 2.12. The Hall–Kier alpha value is -2.96. The Morgan fingerprint density at radius 2 is 1.82 bits per heavy atom. The van der Waals surface area contributed by atoms with Gasteiger partial charge in [-0.15, -0.1) is 6.58 Å². The molecule has 7 heteroatoms. The molecule has 0 bridgehead atoms. The van der Waals surface area contributed by atoms with E-state index in [2.05, 4.69) is 31.8 Å². The highest BCUT2D eigenvalue weighted by atomic mass is 35.5. The van der Waals surface area contributed by atoms with Crippen molar-refractivity contribution in [2.24, 2.45) is 0 Å². The number of anilines is 1. The number of hydrogen-bond donors (Lipinski definition) is 1. The maximum atomic E-state index is 12.9. The molecule has 0 saturated heterocycles. The summed E-state index contributed by atoms with van der Waals surface area (Å²) in [4.78, 5) is 0.0135. The van der Waals surface area contributed by atoms with E-state index < -0.39 is 10.1 Å². The van der Waals surface area contributed by atoms with Gasteiger partial charge in [0.1, 0.15) is 4.90 Å². The number of benzene rings is 3. The lowest BCUT2D eigenvalue weighted by Crippen LogP contribution is -2.13. The van der Waals surface area contributed by atoms with E-state index in [0.29, 0.717) is 35.9 Å². The zero-order chi connectivity index (χ0) is 24.0. The van der Waals surface area contributed by atoms with Crippen LogP contribution in [-0.4, -0.2) is 15.0 Å². The van der Waals surface area contributed by atoms with Crippen molar-refractivity contribution in [2.75, 3.05) is 11.9 Å². The van der Waals surface area contributed by atoms with Gasteiger partial charge in [0.05, 0.1) is 6.61 Å². The molecule has 0 aliphatic heterocycles. The van der Waals surface area contributed by atoms with Crippen LogP contribution in [0.1, 0.15) is 29.2 Å². The van der Waals surface area contributed by atoms with Crippen LogP contribution in [0, 0.1) is 13.8 Å². The maximum absolute atomic E-state index is 12.9. The Morgan fingerprint density at radius 1 is 1.09 bits per heavy atom. The normalized spacial score (nSPS) is 11.2. The minimum absolute atomic E-state index is 0.0135. The first-order chi connectivity index (χ1) is 15.7. The summed E-state index contributed by atoms with van der Waals surface area (Å²) < 4.78 is 37.2. The highest BCUT2D eigenvalue weighted by Gasteiger charge is 2.22. The molecule has 3 aromatic carbocycles. The quantitative estimate of drug-likeness (QED) is 0.263. The van der Waals surface area contributed by atoms with Crippen LogP contribution < -0.4 is 14.2 Å². The second-order valence-corrected chi connectivity index (χ2v) is 9.58. The number of allylic oxidation sites excluding steroid dienone is 1. The van der Waals surface area contributed by atoms with Gasteiger partial charge >= 0.3 is 10.1 Å². The summed E-state index contributed by atoms with van der Waals surface area (Å²) in [7, 11) is -4.08. The molecule has 0 aliphatic carbocycles. The monoisotopic (exact) mass is 485 g/mol. The van der Waals surface area contributed by atoms with Crippen molar-refractivity contribution in [1.29, 1.82) is 0 Å². The van der Waals surface area contributed by atoms with Gasteiger partial charge in [-0.2, -0.15) is 8.42 Å². The van der Waals surface area contributed by atoms with E-state index in [1.165, 1.54) is 35.4 Å². The van der Waals surface area contributed by atoms with Crippen LogP contribution in [0.4, 0.5) is 5.69 Å². The fourth-order valence-corrected chi connectivity index (χ4v) is 4.49. The molecular weight excluding hydrogens is 458 g/mol. The molecule has 3 rings (SSSR count). The lowest BCUT2D eigenvalue weighted by Gasteiger charge is -2.18. The summed E-state index contributed by atoms with van der Waals surface area (Å²) in [6.45, 7) is 10.7. The molecular formula is C26H28ClNO4S. The molecule has 0 fully saturated rings. The van der Waals surface area contributed by atoms with Crippen LogP contribution in [0.2, 0.25) is 5.02 Å². The molecule has 0 heterocycles. The molecule has 0 spiro atoms. The Kier molecular flexibility index (Phi) is 8.06. The third-order valence-electron chi connectivity index (χ3n) is 5.24. The van der Waals surface area contributed by atoms with Crippen LogP contribution in [0.5, 0.6) is 11.5 Å². The molecule has 174 valence electrons. The Labute approximate surface area is 201 Å². The molecule has 33 heavy (non-hydrogen) atoms. The van der Waals surface area contributed by atoms with Crippen molar-refractivity contribution in [3.63, 3.8) is 0 Å². The van der Waals surface area contributed by atoms with Crippen LogP contribution in [0.25, 0.3) is 0 Å². The Morgan fingerprint density at radius 3 is 2.48 bits per heavy atom. The molecule has 0 amide bonds. The Balaban J connectivity index is 1.96. The smallest absolute Gasteiger partial charge is 0.339 e. The van der Waals surface area contributed by atoms with Crippen molar-refractivity contribution in [1.82, 2.24) is 0 Å². The Bertz CT molecular complexity index is 1240. The SMILES string of the molecule is C=CCc1cc(CNc2cccc(C)c2C)cc(OCC)c1OS(=O)(=O)c1ccc(Cl)cc1. The molecule has 5 nitrogen and oxygen atoms in total. The van der Waals surface area contributed by atoms with Crippen molar-refractivity contribution in [3.05, 3.63) is 94.5 Å². The summed E-state index contributed by atoms with van der Waals surface area (Å²) >= 11 is 5.89. The highest BCUT2D eigenvalue weighted by Crippen LogP contribution is 2.36. The molecule has 0 aromatic heterocycles. The van der Waals surface area contributed by atoms with Crippen LogP contribution in [-0.2, 0) is 23.1 Å². The lowest BCUT2D eigenvalue weighted by molar-refractivity contribution is 0.326. The van der Waals surface area contributed by atoms with Crippen LogP contribution in [0.3, 0.4) is 0 Å². The predicted molar refractivity (Wildman–Crippen MR) is 134 cm³/mol. The first kappa shape index (κ1) is 24.7. The van der Waals surface area contributed by atoms with E-state index in [1.54, 1.807) is 12.1 Å². The summed E-state index contributed by atoms with van der Waals surface area (Å²) in [5.74, 6) is 0.536. The van der Waals surface area contributed by atoms with Gasteiger partial charge in [-0.3, -0.25) is 0 Å². The van der Waals surface area contributed by atoms with Gasteiger partial charge in [0.15, 0.2) is 11.5 Å². The summed E-state index contributed by atoms with van der Waals surface area (Å²) in [5, 5.41) is 3.90. The number of aryl methyl sites for hydroxylation is 1. The van der Waals surface area contributed by atoms with E-state index >= 15 is 0 Å². The number of halogens is 1. The van der Waals surface area contributed by atoms with E-state index in [0.717, 1.165) is 11.3 Å². The zero-order valence-corrected chi connectivity index (χ0v) is 20.6. The molecule has 0 atom stereocenters. The molecule has 3 aromatic rings. The fraction of sp³-hybridized carbons (Fsp3) is 0.231. The van der Waals surface area contributed by atoms with Crippen molar-refractivity contribution in [2.45, 2.75) is 38.6 Å². The van der Waals surface area contributed by atoms with Gasteiger partial charge < -0.3 is 14.2 Å². The van der Waals surface area contributed by atoms with E-state index in [1.807, 2.05) is 25.1 Å². The lowest BCUT2D eigenvalue weighted by atomic mass is 10.0. The summed E-state index contributed by atoms with van der Waals surface area (Å²) in [6, 6.07) is 15.7. The van der Waals surface area contributed by atoms with Gasteiger partial charge in [-0.05, 0) is 86.3 Å². The standard InChI is InChI=1S/C26H28ClNO4S/c1-5-8-21-15-20(17-28-24-10-7-9-18(3)19(24)4)16-25(31-6-2)26(21)32-33(29,30)23-13-11-22(27)12-14-23/h5,7,9-16,28H,1,6,8,17H2,2-4H3. The number of nitrogens with one attached hydrogen (secondary N) is 1. The topological polar surface area (TPSA) is 64.6 Å². The van der Waals surface area contributed by atoms with E-state index in [-0.39, 0.29) is 10.6 Å². The number of ether oxygens (including phenoxy) is 1. The van der Waals surface area contributed by atoms with Gasteiger partial charge in [0.25, 0.3) is 0 Å². The maximum Gasteiger partial charge on any atom is 0.339 e. The highest BCUT2D eigenvalue weighted by molar-refractivity contribution is 7.87. The fourth-order valence-electron chi connectivity index (χ4n) is 3.39. The largest absolute Gasteiger partial charge is 0.490 e. The van der Waals surface area contributed by atoms with Crippen LogP contribution in [0.15, 0.2) is 72.1 Å². The molecule has 0 aliphatic rings. The molecule has 0 unspecified atom stereocenters. The first-order valence-corrected chi connectivity index (χ1v) is 12.4. The van der Waals surface area contributed by atoms with Crippen LogP contribution >= 0.6 is 11.6 Å². The zero-order valence-electron chi connectivity index (χ0n) is 19.0. The third kappa shape index (κ3) is 6.09. The van der Waals surface area contributed by atoms with Crippen molar-refractivity contribution in [3.8, 4) is 11.5 Å². The van der Waals surface area contributed by atoms with E-state index in [4.69, 9.17) is 20.5 Å². The van der Waals surface area contributed by atoms with Gasteiger partial charge in [-0.1, -0.05) is 29.8 Å². The minimum atomic E-state index is -4.08.